The van der Waals surface area contributed by atoms with E-state index in [-0.39, 0.29) is 6.04 Å². The Bertz CT molecular complexity index is 590. The first-order chi connectivity index (χ1) is 10.6. The molecular formula is C18H27NO2S. The van der Waals surface area contributed by atoms with Gasteiger partial charge in [0.15, 0.2) is 0 Å². The molecule has 1 heterocycles. The van der Waals surface area contributed by atoms with Crippen molar-refractivity contribution in [3.8, 4) is 0 Å². The summed E-state index contributed by atoms with van der Waals surface area (Å²) in [6.07, 6.45) is 10.6. The van der Waals surface area contributed by atoms with E-state index in [0.29, 0.717) is 11.4 Å². The van der Waals surface area contributed by atoms with Crippen molar-refractivity contribution in [1.82, 2.24) is 4.31 Å². The van der Waals surface area contributed by atoms with Gasteiger partial charge in [-0.3, -0.25) is 0 Å². The lowest BCUT2D eigenvalue weighted by molar-refractivity contribution is 0.291. The third kappa shape index (κ3) is 4.20. The highest BCUT2D eigenvalue weighted by Crippen LogP contribution is 2.26. The van der Waals surface area contributed by atoms with Gasteiger partial charge in [-0.05, 0) is 38.3 Å². The van der Waals surface area contributed by atoms with Crippen molar-refractivity contribution in [2.75, 3.05) is 6.54 Å². The normalized spacial score (nSPS) is 20.5. The largest absolute Gasteiger partial charge is 0.243 e. The van der Waals surface area contributed by atoms with Gasteiger partial charge in [0.05, 0.1) is 4.90 Å². The van der Waals surface area contributed by atoms with E-state index in [0.717, 1.165) is 37.7 Å². The highest BCUT2D eigenvalue weighted by atomic mass is 32.2. The zero-order chi connectivity index (χ0) is 16.0. The van der Waals surface area contributed by atoms with Crippen LogP contribution in [0.1, 0.15) is 51.0 Å². The highest BCUT2D eigenvalue weighted by molar-refractivity contribution is 7.89. The maximum absolute atomic E-state index is 12.9. The molecule has 1 aromatic rings. The molecule has 0 radical (unpaired) electrons. The van der Waals surface area contributed by atoms with Gasteiger partial charge in [0.1, 0.15) is 0 Å². The lowest BCUT2D eigenvalue weighted by Gasteiger charge is -2.33. The summed E-state index contributed by atoms with van der Waals surface area (Å²) in [4.78, 5) is 0.409. The molecule has 1 aliphatic heterocycles. The molecule has 0 aliphatic carbocycles. The molecule has 0 N–H and O–H groups in total. The summed E-state index contributed by atoms with van der Waals surface area (Å²) in [7, 11) is -3.39. The van der Waals surface area contributed by atoms with Crippen molar-refractivity contribution in [3.63, 3.8) is 0 Å². The van der Waals surface area contributed by atoms with Crippen molar-refractivity contribution in [3.05, 3.63) is 42.0 Å². The standard InChI is InChI=1S/C18H27NO2S/c1-3-4-5-6-9-17-10-7-8-15-19(17)22(20,21)18-13-11-16(2)12-14-18/h6,9,11-14,17H,3-5,7-8,10,15H2,1-2H3/b9-6+. The van der Waals surface area contributed by atoms with Crippen LogP contribution in [0.3, 0.4) is 0 Å². The summed E-state index contributed by atoms with van der Waals surface area (Å²) in [6, 6.07) is 7.18. The summed E-state index contributed by atoms with van der Waals surface area (Å²) in [5.41, 5.74) is 1.08. The molecule has 1 aliphatic rings. The number of sulfonamides is 1. The second kappa shape index (κ2) is 7.93. The predicted octanol–water partition coefficient (Wildman–Crippen LogP) is 4.28. The fraction of sp³-hybridized carbons (Fsp3) is 0.556. The first-order valence-corrected chi connectivity index (χ1v) is 9.75. The van der Waals surface area contributed by atoms with E-state index in [4.69, 9.17) is 0 Å². The Morgan fingerprint density at radius 3 is 2.64 bits per heavy atom. The molecule has 1 fully saturated rings. The molecule has 1 atom stereocenters. The Hall–Kier alpha value is -1.13. The van der Waals surface area contributed by atoms with Gasteiger partial charge < -0.3 is 0 Å². The summed E-state index contributed by atoms with van der Waals surface area (Å²) >= 11 is 0. The maximum Gasteiger partial charge on any atom is 0.243 e. The molecule has 22 heavy (non-hydrogen) atoms. The molecule has 3 nitrogen and oxygen atoms in total. The Labute approximate surface area is 135 Å². The quantitative estimate of drug-likeness (QED) is 0.579. The molecule has 0 saturated carbocycles. The van der Waals surface area contributed by atoms with Crippen molar-refractivity contribution < 1.29 is 8.42 Å². The van der Waals surface area contributed by atoms with Gasteiger partial charge in [0.2, 0.25) is 10.0 Å². The Morgan fingerprint density at radius 2 is 1.95 bits per heavy atom. The zero-order valence-electron chi connectivity index (χ0n) is 13.7. The molecule has 1 aromatic carbocycles. The summed E-state index contributed by atoms with van der Waals surface area (Å²) < 4.78 is 27.5. The third-order valence-electron chi connectivity index (χ3n) is 4.21. The predicted molar refractivity (Wildman–Crippen MR) is 91.4 cm³/mol. The van der Waals surface area contributed by atoms with Gasteiger partial charge >= 0.3 is 0 Å². The van der Waals surface area contributed by atoms with E-state index in [1.165, 1.54) is 6.42 Å². The fourth-order valence-corrected chi connectivity index (χ4v) is 4.49. The SMILES string of the molecule is CCCC/C=C/C1CCCCN1S(=O)(=O)c1ccc(C)cc1. The van der Waals surface area contributed by atoms with Crippen LogP contribution in [0.25, 0.3) is 0 Å². The number of piperidine rings is 1. The first kappa shape index (κ1) is 17.2. The van der Waals surface area contributed by atoms with Crippen LogP contribution in [0.4, 0.5) is 0 Å². The van der Waals surface area contributed by atoms with E-state index in [1.807, 2.05) is 19.1 Å². The Morgan fingerprint density at radius 1 is 1.23 bits per heavy atom. The van der Waals surface area contributed by atoms with E-state index >= 15 is 0 Å². The zero-order valence-corrected chi connectivity index (χ0v) is 14.5. The van der Waals surface area contributed by atoms with E-state index < -0.39 is 10.0 Å². The molecule has 2 rings (SSSR count). The van der Waals surface area contributed by atoms with Gasteiger partial charge in [-0.15, -0.1) is 0 Å². The van der Waals surface area contributed by atoms with Crippen molar-refractivity contribution in [2.45, 2.75) is 63.3 Å². The number of hydrogen-bond donors (Lipinski definition) is 0. The van der Waals surface area contributed by atoms with Gasteiger partial charge in [-0.1, -0.05) is 56.0 Å². The number of allylic oxidation sites excluding steroid dienone is 1. The van der Waals surface area contributed by atoms with Crippen LogP contribution in [0.2, 0.25) is 0 Å². The number of benzene rings is 1. The van der Waals surface area contributed by atoms with E-state index in [1.54, 1.807) is 16.4 Å². The monoisotopic (exact) mass is 321 g/mol. The molecule has 1 saturated heterocycles. The number of aryl methyl sites for hydroxylation is 1. The van der Waals surface area contributed by atoms with Gasteiger partial charge in [-0.25, -0.2) is 8.42 Å². The first-order valence-electron chi connectivity index (χ1n) is 8.31. The van der Waals surface area contributed by atoms with Crippen molar-refractivity contribution >= 4 is 10.0 Å². The lowest BCUT2D eigenvalue weighted by atomic mass is 10.0. The fourth-order valence-electron chi connectivity index (χ4n) is 2.84. The van der Waals surface area contributed by atoms with Gasteiger partial charge in [0.25, 0.3) is 0 Å². The minimum absolute atomic E-state index is 0.0110. The molecule has 1 unspecified atom stereocenters. The Kier molecular flexibility index (Phi) is 6.21. The second-order valence-corrected chi connectivity index (χ2v) is 7.95. The van der Waals surface area contributed by atoms with E-state index in [9.17, 15) is 8.42 Å². The Balaban J connectivity index is 2.18. The minimum Gasteiger partial charge on any atom is -0.207 e. The number of unbranched alkanes of at least 4 members (excludes halogenated alkanes) is 2. The number of hydrogen-bond acceptors (Lipinski definition) is 2. The molecule has 0 bridgehead atoms. The van der Waals surface area contributed by atoms with E-state index in [2.05, 4.69) is 19.1 Å². The number of rotatable bonds is 6. The molecule has 4 heteroatoms. The van der Waals surface area contributed by atoms with Crippen LogP contribution in [0.15, 0.2) is 41.3 Å². The highest BCUT2D eigenvalue weighted by Gasteiger charge is 2.31. The molecule has 0 spiro atoms. The van der Waals surface area contributed by atoms with Crippen LogP contribution in [0, 0.1) is 6.92 Å². The second-order valence-electron chi connectivity index (χ2n) is 6.06. The van der Waals surface area contributed by atoms with Crippen LogP contribution in [0.5, 0.6) is 0 Å². The molecule has 0 aromatic heterocycles. The van der Waals surface area contributed by atoms with Crippen LogP contribution in [-0.2, 0) is 10.0 Å². The van der Waals surface area contributed by atoms with Gasteiger partial charge in [-0.2, -0.15) is 4.31 Å². The summed E-state index contributed by atoms with van der Waals surface area (Å²) in [6.45, 7) is 4.76. The minimum atomic E-state index is -3.39. The van der Waals surface area contributed by atoms with Crippen LogP contribution in [-0.4, -0.2) is 25.3 Å². The number of nitrogens with zero attached hydrogens (tertiary/aromatic N) is 1. The lowest BCUT2D eigenvalue weighted by Crippen LogP contribution is -2.42. The van der Waals surface area contributed by atoms with Crippen molar-refractivity contribution in [1.29, 1.82) is 0 Å². The molecular weight excluding hydrogens is 294 g/mol. The van der Waals surface area contributed by atoms with Gasteiger partial charge in [0, 0.05) is 12.6 Å². The topological polar surface area (TPSA) is 37.4 Å². The van der Waals surface area contributed by atoms with Crippen LogP contribution < -0.4 is 0 Å². The smallest absolute Gasteiger partial charge is 0.207 e. The maximum atomic E-state index is 12.9. The average Bonchev–Trinajstić information content (AvgIpc) is 2.52. The van der Waals surface area contributed by atoms with Crippen molar-refractivity contribution in [2.24, 2.45) is 0 Å². The average molecular weight is 321 g/mol. The molecule has 0 amide bonds. The summed E-state index contributed by atoms with van der Waals surface area (Å²) in [5, 5.41) is 0. The third-order valence-corrected chi connectivity index (χ3v) is 6.15. The van der Waals surface area contributed by atoms with Crippen LogP contribution >= 0.6 is 0 Å². The summed E-state index contributed by atoms with van der Waals surface area (Å²) in [5.74, 6) is 0. The molecule has 122 valence electrons.